The van der Waals surface area contributed by atoms with Gasteiger partial charge in [-0.25, -0.2) is 14.8 Å². The van der Waals surface area contributed by atoms with Gasteiger partial charge in [-0.15, -0.1) is 0 Å². The summed E-state index contributed by atoms with van der Waals surface area (Å²) in [6.07, 6.45) is 10.1. The normalized spacial score (nSPS) is 13.4. The molecule has 3 aromatic carbocycles. The summed E-state index contributed by atoms with van der Waals surface area (Å²) in [5.74, 6) is 0.946. The number of methoxy groups -OCH3 is 2. The minimum atomic E-state index is -0.982. The smallest absolute Gasteiger partial charge is 0.335 e. The Morgan fingerprint density at radius 1 is 0.957 bits per heavy atom. The largest absolute Gasteiger partial charge is 0.496 e. The van der Waals surface area contributed by atoms with Crippen LogP contribution in [0.15, 0.2) is 72.9 Å². The molecule has 0 spiro atoms. The van der Waals surface area contributed by atoms with Crippen LogP contribution in [0.1, 0.15) is 76.1 Å². The number of nitrogens with zero attached hydrogens (tertiary/aromatic N) is 3. The summed E-state index contributed by atoms with van der Waals surface area (Å²) in [4.78, 5) is 34.9. The Labute approximate surface area is 274 Å². The number of benzene rings is 3. The first-order chi connectivity index (χ1) is 22.8. The van der Waals surface area contributed by atoms with Crippen molar-refractivity contribution in [1.82, 2.24) is 14.5 Å². The van der Waals surface area contributed by atoms with Crippen LogP contribution in [-0.4, -0.2) is 45.7 Å². The third-order valence-electron chi connectivity index (χ3n) is 9.19. The second-order valence-electron chi connectivity index (χ2n) is 12.3. The number of hydrogen-bond donors (Lipinski definition) is 2. The SMILES string of the molecule is COc1cc(-c2nc(NC(=O)c3cc4ccccc4n3Cc3ccc(C(=O)O)cc3)ncc2CCC2CCCCC2)c(OC)cc1C. The fourth-order valence-electron chi connectivity index (χ4n) is 6.62. The van der Waals surface area contributed by atoms with Crippen LogP contribution in [0, 0.1) is 12.8 Å². The number of rotatable bonds is 11. The number of anilines is 1. The summed E-state index contributed by atoms with van der Waals surface area (Å²) in [7, 11) is 3.29. The molecule has 9 nitrogen and oxygen atoms in total. The Morgan fingerprint density at radius 2 is 1.70 bits per heavy atom. The number of carboxylic acid groups (broad SMARTS) is 1. The fraction of sp³-hybridized carbons (Fsp3) is 0.316. The molecule has 1 fully saturated rings. The zero-order chi connectivity index (χ0) is 32.9. The molecule has 1 amide bonds. The highest BCUT2D eigenvalue weighted by Gasteiger charge is 2.22. The van der Waals surface area contributed by atoms with Crippen LogP contribution in [0.5, 0.6) is 11.5 Å². The van der Waals surface area contributed by atoms with E-state index in [1.54, 1.807) is 38.5 Å². The van der Waals surface area contributed by atoms with Crippen LogP contribution in [0.25, 0.3) is 22.2 Å². The molecule has 2 aromatic heterocycles. The van der Waals surface area contributed by atoms with E-state index < -0.39 is 5.97 Å². The maximum Gasteiger partial charge on any atom is 0.335 e. The van der Waals surface area contributed by atoms with Crippen LogP contribution in [-0.2, 0) is 13.0 Å². The highest BCUT2D eigenvalue weighted by molar-refractivity contribution is 6.05. The van der Waals surface area contributed by atoms with Gasteiger partial charge in [-0.2, -0.15) is 0 Å². The number of ether oxygens (including phenoxy) is 2. The Morgan fingerprint density at radius 3 is 2.43 bits per heavy atom. The van der Waals surface area contributed by atoms with Gasteiger partial charge in [-0.1, -0.05) is 62.4 Å². The topological polar surface area (TPSA) is 116 Å². The van der Waals surface area contributed by atoms with E-state index in [1.807, 2.05) is 60.2 Å². The maximum atomic E-state index is 13.9. The molecule has 6 rings (SSSR count). The van der Waals surface area contributed by atoms with Crippen LogP contribution < -0.4 is 14.8 Å². The van der Waals surface area contributed by atoms with Crippen molar-refractivity contribution in [2.45, 2.75) is 58.4 Å². The van der Waals surface area contributed by atoms with E-state index in [0.29, 0.717) is 29.6 Å². The molecule has 5 aromatic rings. The molecular formula is C38H40N4O5. The van der Waals surface area contributed by atoms with Crippen molar-refractivity contribution in [3.8, 4) is 22.8 Å². The number of aromatic nitrogens is 3. The van der Waals surface area contributed by atoms with Crippen LogP contribution in [0.3, 0.4) is 0 Å². The minimum Gasteiger partial charge on any atom is -0.496 e. The number of amides is 1. The highest BCUT2D eigenvalue weighted by atomic mass is 16.5. The molecule has 242 valence electrons. The van der Waals surface area contributed by atoms with Gasteiger partial charge in [0.2, 0.25) is 5.95 Å². The highest BCUT2D eigenvalue weighted by Crippen LogP contribution is 2.38. The Balaban J connectivity index is 1.35. The lowest BCUT2D eigenvalue weighted by Crippen LogP contribution is -2.19. The van der Waals surface area contributed by atoms with Crippen molar-refractivity contribution >= 4 is 28.7 Å². The molecule has 0 radical (unpaired) electrons. The second kappa shape index (κ2) is 14.1. The van der Waals surface area contributed by atoms with E-state index in [9.17, 15) is 14.7 Å². The van der Waals surface area contributed by atoms with Crippen molar-refractivity contribution in [3.63, 3.8) is 0 Å². The monoisotopic (exact) mass is 632 g/mol. The number of para-hydroxylation sites is 1. The fourth-order valence-corrected chi connectivity index (χ4v) is 6.62. The molecule has 0 unspecified atom stereocenters. The summed E-state index contributed by atoms with van der Waals surface area (Å²) in [6.45, 7) is 2.35. The summed E-state index contributed by atoms with van der Waals surface area (Å²) in [5, 5.41) is 13.2. The molecule has 1 aliphatic carbocycles. The van der Waals surface area contributed by atoms with Gasteiger partial charge >= 0.3 is 5.97 Å². The minimum absolute atomic E-state index is 0.190. The standard InChI is InChI=1S/C38H40N4O5/c1-24-19-34(47-3)30(21-33(24)46-2)35-29(18-13-25-9-5-4-6-10-25)22-39-38(40-35)41-36(43)32-20-28-11-7-8-12-31(28)42(32)23-26-14-16-27(17-15-26)37(44)45/h7-8,11-12,14-17,19-22,25H,4-6,9-10,13,18,23H2,1-3H3,(H,44,45)(H,39,40,41,43). The molecule has 0 saturated heterocycles. The number of nitrogens with one attached hydrogen (secondary N) is 1. The number of carbonyl (C=O) groups excluding carboxylic acids is 1. The van der Waals surface area contributed by atoms with Crippen molar-refractivity contribution in [2.75, 3.05) is 19.5 Å². The van der Waals surface area contributed by atoms with Gasteiger partial charge in [0, 0.05) is 29.2 Å². The van der Waals surface area contributed by atoms with Crippen LogP contribution in [0.2, 0.25) is 0 Å². The molecule has 9 heteroatoms. The Hall–Kier alpha value is -5.18. The molecule has 0 bridgehead atoms. The van der Waals surface area contributed by atoms with E-state index in [0.717, 1.165) is 51.7 Å². The average molecular weight is 633 g/mol. The molecule has 0 aliphatic heterocycles. The first-order valence-corrected chi connectivity index (χ1v) is 16.2. The van der Waals surface area contributed by atoms with E-state index in [2.05, 4.69) is 10.3 Å². The molecular weight excluding hydrogens is 592 g/mol. The summed E-state index contributed by atoms with van der Waals surface area (Å²) in [6, 6.07) is 20.2. The van der Waals surface area contributed by atoms with E-state index in [4.69, 9.17) is 14.5 Å². The van der Waals surface area contributed by atoms with E-state index in [1.165, 1.54) is 32.1 Å². The van der Waals surface area contributed by atoms with Crippen molar-refractivity contribution in [3.05, 3.63) is 101 Å². The van der Waals surface area contributed by atoms with E-state index >= 15 is 0 Å². The molecule has 1 saturated carbocycles. The van der Waals surface area contributed by atoms with Crippen molar-refractivity contribution in [1.29, 1.82) is 0 Å². The van der Waals surface area contributed by atoms with Crippen molar-refractivity contribution in [2.24, 2.45) is 5.92 Å². The predicted molar refractivity (Wildman–Crippen MR) is 183 cm³/mol. The van der Waals surface area contributed by atoms with Gasteiger partial charge < -0.3 is 19.1 Å². The van der Waals surface area contributed by atoms with Crippen LogP contribution in [0.4, 0.5) is 5.95 Å². The lowest BCUT2D eigenvalue weighted by atomic mass is 9.85. The number of fused-ring (bicyclic) bond motifs is 1. The second-order valence-corrected chi connectivity index (χ2v) is 12.3. The molecule has 1 aliphatic rings. The van der Waals surface area contributed by atoms with Crippen LogP contribution >= 0.6 is 0 Å². The maximum absolute atomic E-state index is 13.9. The molecule has 0 atom stereocenters. The number of aromatic carboxylic acids is 1. The summed E-state index contributed by atoms with van der Waals surface area (Å²) < 4.78 is 13.4. The summed E-state index contributed by atoms with van der Waals surface area (Å²) in [5.41, 5.74) is 5.84. The van der Waals surface area contributed by atoms with Gasteiger partial charge in [0.25, 0.3) is 5.91 Å². The van der Waals surface area contributed by atoms with Gasteiger partial charge in [-0.05, 0) is 78.8 Å². The number of carboxylic acids is 1. The Kier molecular flexibility index (Phi) is 9.52. The zero-order valence-electron chi connectivity index (χ0n) is 27.1. The number of aryl methyl sites for hydroxylation is 2. The predicted octanol–water partition coefficient (Wildman–Crippen LogP) is 7.94. The van der Waals surface area contributed by atoms with Gasteiger partial charge in [0.1, 0.15) is 17.2 Å². The Bertz CT molecular complexity index is 1910. The summed E-state index contributed by atoms with van der Waals surface area (Å²) >= 11 is 0. The number of hydrogen-bond acceptors (Lipinski definition) is 6. The van der Waals surface area contributed by atoms with Gasteiger partial charge in [0.05, 0.1) is 25.5 Å². The lowest BCUT2D eigenvalue weighted by Gasteiger charge is -2.22. The molecule has 2 N–H and O–H groups in total. The third kappa shape index (κ3) is 6.99. The van der Waals surface area contributed by atoms with Gasteiger partial charge in [0.15, 0.2) is 0 Å². The van der Waals surface area contributed by atoms with Gasteiger partial charge in [-0.3, -0.25) is 10.1 Å². The average Bonchev–Trinajstić information content (AvgIpc) is 3.46. The quantitative estimate of drug-likeness (QED) is 0.152. The third-order valence-corrected chi connectivity index (χ3v) is 9.19. The first-order valence-electron chi connectivity index (χ1n) is 16.2. The molecule has 2 heterocycles. The number of carbonyl (C=O) groups is 2. The zero-order valence-corrected chi connectivity index (χ0v) is 27.1. The lowest BCUT2D eigenvalue weighted by molar-refractivity contribution is 0.0696. The molecule has 47 heavy (non-hydrogen) atoms. The van der Waals surface area contributed by atoms with Crippen molar-refractivity contribution < 1.29 is 24.2 Å². The first kappa shape index (κ1) is 31.8. The van der Waals surface area contributed by atoms with E-state index in [-0.39, 0.29) is 17.4 Å².